The highest BCUT2D eigenvalue weighted by Crippen LogP contribution is 2.20. The highest BCUT2D eigenvalue weighted by molar-refractivity contribution is 6.31. The molecular weight excluding hydrogens is 250 g/mol. The molecule has 0 unspecified atom stereocenters. The number of hydrogen-bond donors (Lipinski definition) is 1. The van der Waals surface area contributed by atoms with Crippen LogP contribution in [0.2, 0.25) is 5.02 Å². The summed E-state index contributed by atoms with van der Waals surface area (Å²) in [5, 5.41) is 3.22. The molecule has 0 saturated carbocycles. The minimum absolute atomic E-state index is 0.494. The van der Waals surface area contributed by atoms with Crippen LogP contribution in [0.3, 0.4) is 0 Å². The van der Waals surface area contributed by atoms with E-state index in [4.69, 9.17) is 16.3 Å². The van der Waals surface area contributed by atoms with Gasteiger partial charge in [0.1, 0.15) is 5.75 Å². The van der Waals surface area contributed by atoms with Crippen molar-refractivity contribution in [2.24, 2.45) is 0 Å². The van der Waals surface area contributed by atoms with Crippen molar-refractivity contribution in [3.05, 3.63) is 59.1 Å². The Kier molecular flexibility index (Phi) is 3.85. The van der Waals surface area contributed by atoms with Crippen LogP contribution in [0.4, 0.5) is 10.5 Å². The number of anilines is 1. The van der Waals surface area contributed by atoms with Gasteiger partial charge in [-0.05, 0) is 36.8 Å². The molecule has 0 spiro atoms. The van der Waals surface area contributed by atoms with Crippen LogP contribution in [0.5, 0.6) is 5.75 Å². The Balaban J connectivity index is 2.01. The van der Waals surface area contributed by atoms with E-state index in [9.17, 15) is 4.79 Å². The molecule has 92 valence electrons. The third kappa shape index (κ3) is 3.25. The summed E-state index contributed by atoms with van der Waals surface area (Å²) in [7, 11) is 0. The molecule has 0 heterocycles. The second kappa shape index (κ2) is 5.56. The van der Waals surface area contributed by atoms with Gasteiger partial charge in [0.15, 0.2) is 0 Å². The number of carbonyl (C=O) groups excluding carboxylic acids is 1. The number of aryl methyl sites for hydroxylation is 1. The van der Waals surface area contributed by atoms with E-state index in [0.29, 0.717) is 16.5 Å². The fourth-order valence-corrected chi connectivity index (χ4v) is 1.59. The van der Waals surface area contributed by atoms with E-state index in [2.05, 4.69) is 5.32 Å². The first kappa shape index (κ1) is 12.5. The van der Waals surface area contributed by atoms with Gasteiger partial charge in [-0.25, -0.2) is 4.79 Å². The topological polar surface area (TPSA) is 38.3 Å². The number of nitrogens with one attached hydrogen (secondary N) is 1. The normalized spacial score (nSPS) is 9.89. The highest BCUT2D eigenvalue weighted by Gasteiger charge is 2.05. The van der Waals surface area contributed by atoms with Gasteiger partial charge in [-0.15, -0.1) is 0 Å². The lowest BCUT2D eigenvalue weighted by atomic mass is 10.2. The summed E-state index contributed by atoms with van der Waals surface area (Å²) in [6.45, 7) is 1.90. The quantitative estimate of drug-likeness (QED) is 0.877. The van der Waals surface area contributed by atoms with Crippen molar-refractivity contribution in [2.75, 3.05) is 5.32 Å². The van der Waals surface area contributed by atoms with Crippen LogP contribution >= 0.6 is 11.6 Å². The predicted molar refractivity (Wildman–Crippen MR) is 72.3 cm³/mol. The molecule has 0 aliphatic rings. The predicted octanol–water partition coefficient (Wildman–Crippen LogP) is 4.26. The monoisotopic (exact) mass is 261 g/mol. The van der Waals surface area contributed by atoms with Gasteiger partial charge >= 0.3 is 6.09 Å². The van der Waals surface area contributed by atoms with Crippen molar-refractivity contribution in [2.45, 2.75) is 6.92 Å². The zero-order valence-electron chi connectivity index (χ0n) is 9.81. The van der Waals surface area contributed by atoms with E-state index in [0.717, 1.165) is 5.56 Å². The molecule has 0 radical (unpaired) electrons. The molecule has 0 aliphatic heterocycles. The molecule has 0 saturated heterocycles. The van der Waals surface area contributed by atoms with Gasteiger partial charge in [-0.3, -0.25) is 5.32 Å². The van der Waals surface area contributed by atoms with Gasteiger partial charge in [0.05, 0.1) is 0 Å². The summed E-state index contributed by atoms with van der Waals surface area (Å²) in [5.41, 5.74) is 1.56. The van der Waals surface area contributed by atoms with Crippen molar-refractivity contribution < 1.29 is 9.53 Å². The first-order chi connectivity index (χ1) is 8.65. The first-order valence-corrected chi connectivity index (χ1v) is 5.83. The molecule has 0 atom stereocenters. The molecule has 0 bridgehead atoms. The average molecular weight is 262 g/mol. The second-order valence-electron chi connectivity index (χ2n) is 3.79. The summed E-state index contributed by atoms with van der Waals surface area (Å²) in [6, 6.07) is 14.2. The third-order valence-electron chi connectivity index (χ3n) is 2.37. The fraction of sp³-hybridized carbons (Fsp3) is 0.0714. The van der Waals surface area contributed by atoms with Crippen molar-refractivity contribution >= 4 is 23.4 Å². The molecule has 1 amide bonds. The van der Waals surface area contributed by atoms with Crippen LogP contribution in [-0.4, -0.2) is 6.09 Å². The molecule has 3 nitrogen and oxygen atoms in total. The molecule has 2 rings (SSSR count). The Bertz CT molecular complexity index is 555. The summed E-state index contributed by atoms with van der Waals surface area (Å²) < 4.78 is 5.10. The number of hydrogen-bond acceptors (Lipinski definition) is 2. The molecule has 1 N–H and O–H groups in total. The van der Waals surface area contributed by atoms with Crippen molar-refractivity contribution in [3.8, 4) is 5.75 Å². The van der Waals surface area contributed by atoms with Crippen LogP contribution in [0, 0.1) is 6.92 Å². The molecule has 0 fully saturated rings. The lowest BCUT2D eigenvalue weighted by Crippen LogP contribution is -2.16. The maximum absolute atomic E-state index is 11.6. The largest absolute Gasteiger partial charge is 0.417 e. The van der Waals surface area contributed by atoms with Crippen molar-refractivity contribution in [3.63, 3.8) is 0 Å². The number of ether oxygens (including phenoxy) is 1. The summed E-state index contributed by atoms with van der Waals surface area (Å²) in [4.78, 5) is 11.6. The van der Waals surface area contributed by atoms with E-state index in [-0.39, 0.29) is 0 Å². The number of halogens is 1. The van der Waals surface area contributed by atoms with Gasteiger partial charge in [0.25, 0.3) is 0 Å². The highest BCUT2D eigenvalue weighted by atomic mass is 35.5. The van der Waals surface area contributed by atoms with Crippen LogP contribution in [0.1, 0.15) is 5.56 Å². The molecule has 2 aromatic rings. The zero-order chi connectivity index (χ0) is 13.0. The molecule has 0 aliphatic carbocycles. The van der Waals surface area contributed by atoms with Gasteiger partial charge in [0.2, 0.25) is 0 Å². The summed E-state index contributed by atoms with van der Waals surface area (Å²) >= 11 is 5.97. The lowest BCUT2D eigenvalue weighted by Gasteiger charge is -2.07. The van der Waals surface area contributed by atoms with Gasteiger partial charge in [-0.2, -0.15) is 0 Å². The summed E-state index contributed by atoms with van der Waals surface area (Å²) in [5.74, 6) is 0.494. The van der Waals surface area contributed by atoms with Gasteiger partial charge < -0.3 is 4.74 Å². The molecule has 0 aromatic heterocycles. The van der Waals surface area contributed by atoms with Crippen LogP contribution in [0.25, 0.3) is 0 Å². The maximum Gasteiger partial charge on any atom is 0.417 e. The lowest BCUT2D eigenvalue weighted by molar-refractivity contribution is 0.215. The molecule has 18 heavy (non-hydrogen) atoms. The molecular formula is C14H12ClNO2. The summed E-state index contributed by atoms with van der Waals surface area (Å²) in [6.07, 6.45) is -0.541. The van der Waals surface area contributed by atoms with Crippen LogP contribution < -0.4 is 10.1 Å². The van der Waals surface area contributed by atoms with Crippen LogP contribution in [0.15, 0.2) is 48.5 Å². The molecule has 2 aromatic carbocycles. The Hall–Kier alpha value is -2.00. The second-order valence-corrected chi connectivity index (χ2v) is 4.20. The Morgan fingerprint density at radius 1 is 1.17 bits per heavy atom. The van der Waals surface area contributed by atoms with E-state index in [1.54, 1.807) is 36.4 Å². The maximum atomic E-state index is 11.6. The minimum atomic E-state index is -0.541. The minimum Gasteiger partial charge on any atom is -0.410 e. The molecule has 4 heteroatoms. The number of carbonyl (C=O) groups is 1. The Labute approximate surface area is 110 Å². The van der Waals surface area contributed by atoms with E-state index < -0.39 is 6.09 Å². The van der Waals surface area contributed by atoms with E-state index in [1.807, 2.05) is 19.1 Å². The smallest absolute Gasteiger partial charge is 0.410 e. The van der Waals surface area contributed by atoms with Crippen LogP contribution in [-0.2, 0) is 0 Å². The first-order valence-electron chi connectivity index (χ1n) is 5.45. The zero-order valence-corrected chi connectivity index (χ0v) is 10.6. The number of benzene rings is 2. The Morgan fingerprint density at radius 3 is 2.56 bits per heavy atom. The number of amides is 1. The van der Waals surface area contributed by atoms with Gasteiger partial charge in [0, 0.05) is 10.7 Å². The third-order valence-corrected chi connectivity index (χ3v) is 2.78. The Morgan fingerprint density at radius 2 is 1.89 bits per heavy atom. The van der Waals surface area contributed by atoms with E-state index in [1.165, 1.54) is 0 Å². The number of para-hydroxylation sites is 1. The SMILES string of the molecule is Cc1ccc(NC(=O)Oc2ccccc2)cc1Cl. The standard InChI is InChI=1S/C14H12ClNO2/c1-10-7-8-11(9-13(10)15)16-14(17)18-12-5-3-2-4-6-12/h2-9H,1H3,(H,16,17). The van der Waals surface area contributed by atoms with E-state index >= 15 is 0 Å². The fourth-order valence-electron chi connectivity index (χ4n) is 1.41. The van der Waals surface area contributed by atoms with Gasteiger partial charge in [-0.1, -0.05) is 35.9 Å². The average Bonchev–Trinajstić information content (AvgIpc) is 2.35. The number of rotatable bonds is 2. The van der Waals surface area contributed by atoms with Crippen molar-refractivity contribution in [1.29, 1.82) is 0 Å². The van der Waals surface area contributed by atoms with Crippen molar-refractivity contribution in [1.82, 2.24) is 0 Å².